The fourth-order valence-corrected chi connectivity index (χ4v) is 3.50. The van der Waals surface area contributed by atoms with Gasteiger partial charge in [-0.2, -0.15) is 0 Å². The standard InChI is InChI=1S/C17H19Cl/c1-12-9-10-14-7-2-3-8-15(14)17(12)16(18)11-13-5-4-6-13/h2-3,7-10,13,16H,4-6,11H2,1H3. The van der Waals surface area contributed by atoms with Gasteiger partial charge in [-0.3, -0.25) is 0 Å². The zero-order valence-corrected chi connectivity index (χ0v) is 11.6. The van der Waals surface area contributed by atoms with Crippen molar-refractivity contribution in [1.29, 1.82) is 0 Å². The Labute approximate surface area is 114 Å². The largest absolute Gasteiger partial charge is 0.118 e. The molecule has 0 N–H and O–H groups in total. The molecule has 18 heavy (non-hydrogen) atoms. The van der Waals surface area contributed by atoms with E-state index in [4.69, 9.17) is 11.6 Å². The quantitative estimate of drug-likeness (QED) is 0.627. The van der Waals surface area contributed by atoms with Crippen molar-refractivity contribution < 1.29 is 0 Å². The lowest BCUT2D eigenvalue weighted by Gasteiger charge is -2.28. The Balaban J connectivity index is 2.00. The normalized spacial score (nSPS) is 17.7. The highest BCUT2D eigenvalue weighted by Gasteiger charge is 2.23. The predicted molar refractivity (Wildman–Crippen MR) is 79.2 cm³/mol. The van der Waals surface area contributed by atoms with Crippen LogP contribution in [-0.4, -0.2) is 0 Å². The molecule has 1 unspecified atom stereocenters. The molecule has 0 spiro atoms. The number of hydrogen-bond donors (Lipinski definition) is 0. The van der Waals surface area contributed by atoms with Gasteiger partial charge in [-0.25, -0.2) is 0 Å². The van der Waals surface area contributed by atoms with Crippen molar-refractivity contribution in [2.24, 2.45) is 5.92 Å². The van der Waals surface area contributed by atoms with Crippen LogP contribution in [0.4, 0.5) is 0 Å². The molecule has 0 radical (unpaired) electrons. The molecule has 2 aromatic carbocycles. The van der Waals surface area contributed by atoms with Gasteiger partial charge in [0.1, 0.15) is 0 Å². The van der Waals surface area contributed by atoms with Crippen LogP contribution in [0.3, 0.4) is 0 Å². The van der Waals surface area contributed by atoms with Crippen LogP contribution in [0, 0.1) is 12.8 Å². The van der Waals surface area contributed by atoms with Gasteiger partial charge in [-0.1, -0.05) is 55.7 Å². The Morgan fingerprint density at radius 1 is 1.17 bits per heavy atom. The third-order valence-electron chi connectivity index (χ3n) is 4.27. The summed E-state index contributed by atoms with van der Waals surface area (Å²) in [5.41, 5.74) is 2.68. The first-order chi connectivity index (χ1) is 8.75. The van der Waals surface area contributed by atoms with Crippen LogP contribution in [0.5, 0.6) is 0 Å². The van der Waals surface area contributed by atoms with Crippen molar-refractivity contribution in [3.63, 3.8) is 0 Å². The van der Waals surface area contributed by atoms with E-state index in [1.54, 1.807) is 0 Å². The van der Waals surface area contributed by atoms with Crippen LogP contribution in [-0.2, 0) is 0 Å². The number of benzene rings is 2. The Morgan fingerprint density at radius 3 is 2.67 bits per heavy atom. The van der Waals surface area contributed by atoms with E-state index in [0.29, 0.717) is 0 Å². The summed E-state index contributed by atoms with van der Waals surface area (Å²) in [4.78, 5) is 0. The van der Waals surface area contributed by atoms with Gasteiger partial charge >= 0.3 is 0 Å². The van der Waals surface area contributed by atoms with Gasteiger partial charge in [-0.05, 0) is 41.2 Å². The molecule has 1 heteroatoms. The maximum absolute atomic E-state index is 6.70. The summed E-state index contributed by atoms with van der Waals surface area (Å²) in [7, 11) is 0. The van der Waals surface area contributed by atoms with Crippen molar-refractivity contribution in [2.75, 3.05) is 0 Å². The minimum absolute atomic E-state index is 0.168. The Hall–Kier alpha value is -1.01. The van der Waals surface area contributed by atoms with Crippen LogP contribution in [0.1, 0.15) is 42.2 Å². The summed E-state index contributed by atoms with van der Waals surface area (Å²) in [6.07, 6.45) is 5.26. The second-order valence-corrected chi connectivity index (χ2v) is 6.04. The van der Waals surface area contributed by atoms with Crippen molar-refractivity contribution in [3.05, 3.63) is 47.5 Å². The SMILES string of the molecule is Cc1ccc2ccccc2c1C(Cl)CC1CCC1. The minimum Gasteiger partial charge on any atom is -0.118 e. The Kier molecular flexibility index (Phi) is 3.30. The van der Waals surface area contributed by atoms with Crippen LogP contribution in [0.25, 0.3) is 10.8 Å². The number of alkyl halides is 1. The molecule has 0 amide bonds. The monoisotopic (exact) mass is 258 g/mol. The van der Waals surface area contributed by atoms with Gasteiger partial charge in [0.15, 0.2) is 0 Å². The lowest BCUT2D eigenvalue weighted by atomic mass is 9.80. The van der Waals surface area contributed by atoms with Crippen LogP contribution in [0.15, 0.2) is 36.4 Å². The lowest BCUT2D eigenvalue weighted by molar-refractivity contribution is 0.293. The van der Waals surface area contributed by atoms with Crippen molar-refractivity contribution in [2.45, 2.75) is 38.0 Å². The molecule has 0 bridgehead atoms. The topological polar surface area (TPSA) is 0 Å². The van der Waals surface area contributed by atoms with E-state index in [2.05, 4.69) is 43.3 Å². The summed E-state index contributed by atoms with van der Waals surface area (Å²) in [5.74, 6) is 0.853. The predicted octanol–water partition coefficient (Wildman–Crippen LogP) is 5.62. The smallest absolute Gasteiger partial charge is 0.0596 e. The fraction of sp³-hybridized carbons (Fsp3) is 0.412. The highest BCUT2D eigenvalue weighted by Crippen LogP contribution is 2.40. The first kappa shape index (κ1) is 12.0. The molecule has 0 nitrogen and oxygen atoms in total. The molecule has 0 heterocycles. The molecule has 1 atom stereocenters. The summed E-state index contributed by atoms with van der Waals surface area (Å²) >= 11 is 6.70. The number of rotatable bonds is 3. The molecule has 0 aromatic heterocycles. The van der Waals surface area contributed by atoms with E-state index in [1.807, 2.05) is 0 Å². The molecule has 0 aliphatic heterocycles. The van der Waals surface area contributed by atoms with Gasteiger partial charge in [0, 0.05) is 0 Å². The van der Waals surface area contributed by atoms with Gasteiger partial charge < -0.3 is 0 Å². The van der Waals surface area contributed by atoms with E-state index in [-0.39, 0.29) is 5.38 Å². The molecular weight excluding hydrogens is 240 g/mol. The van der Waals surface area contributed by atoms with Gasteiger partial charge in [0.05, 0.1) is 5.38 Å². The lowest BCUT2D eigenvalue weighted by Crippen LogP contribution is -2.13. The maximum Gasteiger partial charge on any atom is 0.0596 e. The molecule has 94 valence electrons. The van der Waals surface area contributed by atoms with Gasteiger partial charge in [0.2, 0.25) is 0 Å². The van der Waals surface area contributed by atoms with Gasteiger partial charge in [0.25, 0.3) is 0 Å². The summed E-state index contributed by atoms with van der Waals surface area (Å²) < 4.78 is 0. The molecule has 1 fully saturated rings. The average Bonchev–Trinajstić information content (AvgIpc) is 2.33. The summed E-state index contributed by atoms with van der Waals surface area (Å²) in [6, 6.07) is 13.0. The number of fused-ring (bicyclic) bond motifs is 1. The first-order valence-electron chi connectivity index (χ1n) is 6.88. The molecule has 1 aliphatic carbocycles. The molecule has 1 aliphatic rings. The van der Waals surface area contributed by atoms with Crippen molar-refractivity contribution in [3.8, 4) is 0 Å². The third kappa shape index (κ3) is 2.14. The minimum atomic E-state index is 0.168. The van der Waals surface area contributed by atoms with E-state index in [0.717, 1.165) is 12.3 Å². The zero-order chi connectivity index (χ0) is 12.5. The van der Waals surface area contributed by atoms with Crippen molar-refractivity contribution >= 4 is 22.4 Å². The third-order valence-corrected chi connectivity index (χ3v) is 4.66. The van der Waals surface area contributed by atoms with Gasteiger partial charge in [-0.15, -0.1) is 11.6 Å². The van der Waals surface area contributed by atoms with Crippen LogP contribution < -0.4 is 0 Å². The zero-order valence-electron chi connectivity index (χ0n) is 10.8. The number of halogens is 1. The molecule has 2 aromatic rings. The second kappa shape index (κ2) is 4.93. The number of hydrogen-bond acceptors (Lipinski definition) is 0. The summed E-state index contributed by atoms with van der Waals surface area (Å²) in [6.45, 7) is 2.18. The molecule has 0 saturated heterocycles. The van der Waals surface area contributed by atoms with Crippen molar-refractivity contribution in [1.82, 2.24) is 0 Å². The number of aryl methyl sites for hydroxylation is 1. The maximum atomic E-state index is 6.70. The van der Waals surface area contributed by atoms with E-state index >= 15 is 0 Å². The fourth-order valence-electron chi connectivity index (χ4n) is 2.96. The Bertz CT molecular complexity index is 555. The Morgan fingerprint density at radius 2 is 1.94 bits per heavy atom. The van der Waals surface area contributed by atoms with Crippen LogP contribution >= 0.6 is 11.6 Å². The molecule has 3 rings (SSSR count). The molecular formula is C17H19Cl. The first-order valence-corrected chi connectivity index (χ1v) is 7.31. The van der Waals surface area contributed by atoms with E-state index in [1.165, 1.54) is 41.2 Å². The average molecular weight is 259 g/mol. The highest BCUT2D eigenvalue weighted by atomic mass is 35.5. The van der Waals surface area contributed by atoms with E-state index in [9.17, 15) is 0 Å². The van der Waals surface area contributed by atoms with E-state index < -0.39 is 0 Å². The molecule has 1 saturated carbocycles. The highest BCUT2D eigenvalue weighted by molar-refractivity contribution is 6.22. The second-order valence-electron chi connectivity index (χ2n) is 5.52. The summed E-state index contributed by atoms with van der Waals surface area (Å²) in [5, 5.41) is 2.80. The van der Waals surface area contributed by atoms with Crippen LogP contribution in [0.2, 0.25) is 0 Å².